The van der Waals surface area contributed by atoms with Crippen molar-refractivity contribution in [1.82, 2.24) is 14.8 Å². The van der Waals surface area contributed by atoms with Crippen molar-refractivity contribution in [2.45, 2.75) is 37.4 Å². The van der Waals surface area contributed by atoms with E-state index < -0.39 is 0 Å². The molecule has 1 aromatic heterocycles. The van der Waals surface area contributed by atoms with E-state index in [1.807, 2.05) is 41.8 Å². The number of nitrogens with zero attached hydrogens (tertiary/aromatic N) is 3. The van der Waals surface area contributed by atoms with Crippen LogP contribution >= 0.6 is 11.8 Å². The second kappa shape index (κ2) is 8.23. The summed E-state index contributed by atoms with van der Waals surface area (Å²) in [6.07, 6.45) is 3.66. The van der Waals surface area contributed by atoms with Crippen LogP contribution in [0, 0.1) is 12.7 Å². The molecule has 1 saturated heterocycles. The number of hydrogen-bond donors (Lipinski definition) is 0. The highest BCUT2D eigenvalue weighted by Crippen LogP contribution is 2.30. The molecule has 0 N–H and O–H groups in total. The molecular weight excluding hydrogens is 361 g/mol. The van der Waals surface area contributed by atoms with Gasteiger partial charge in [0.15, 0.2) is 11.0 Å². The molecule has 3 aromatic rings. The van der Waals surface area contributed by atoms with E-state index in [0.717, 1.165) is 36.0 Å². The topological polar surface area (TPSA) is 39.9 Å². The van der Waals surface area contributed by atoms with Crippen LogP contribution in [-0.4, -0.2) is 33.2 Å². The first-order valence-corrected chi connectivity index (χ1v) is 10.2. The molecule has 0 bridgehead atoms. The summed E-state index contributed by atoms with van der Waals surface area (Å²) >= 11 is 1.62. The van der Waals surface area contributed by atoms with Crippen LogP contribution in [0.3, 0.4) is 0 Å². The number of aryl methyl sites for hydroxylation is 1. The summed E-state index contributed by atoms with van der Waals surface area (Å²) in [6, 6.07) is 14.8. The molecule has 0 spiro atoms. The Balaban J connectivity index is 1.70. The van der Waals surface area contributed by atoms with Gasteiger partial charge in [0.25, 0.3) is 0 Å². The Morgan fingerprint density at radius 2 is 1.93 bits per heavy atom. The highest BCUT2D eigenvalue weighted by Gasteiger charge is 2.21. The number of ether oxygens (including phenoxy) is 1. The molecule has 1 fully saturated rings. The summed E-state index contributed by atoms with van der Waals surface area (Å²) in [6.45, 7) is 2.88. The number of benzene rings is 2. The fourth-order valence-electron chi connectivity index (χ4n) is 3.21. The van der Waals surface area contributed by atoms with Gasteiger partial charge < -0.3 is 4.74 Å². The van der Waals surface area contributed by atoms with Crippen molar-refractivity contribution in [2.75, 3.05) is 12.4 Å². The molecule has 1 atom stereocenters. The van der Waals surface area contributed by atoms with Gasteiger partial charge in [-0.3, -0.25) is 4.57 Å². The lowest BCUT2D eigenvalue weighted by molar-refractivity contribution is 0.0315. The van der Waals surface area contributed by atoms with Gasteiger partial charge in [-0.1, -0.05) is 41.6 Å². The van der Waals surface area contributed by atoms with Gasteiger partial charge in [-0.15, -0.1) is 10.2 Å². The summed E-state index contributed by atoms with van der Waals surface area (Å²) in [7, 11) is 0. The van der Waals surface area contributed by atoms with Gasteiger partial charge in [-0.25, -0.2) is 4.39 Å². The summed E-state index contributed by atoms with van der Waals surface area (Å²) in [4.78, 5) is 0. The zero-order chi connectivity index (χ0) is 18.6. The first-order valence-electron chi connectivity index (χ1n) is 9.24. The second-order valence-corrected chi connectivity index (χ2v) is 7.74. The van der Waals surface area contributed by atoms with E-state index in [4.69, 9.17) is 4.74 Å². The quantitative estimate of drug-likeness (QED) is 0.579. The molecule has 0 saturated carbocycles. The van der Waals surface area contributed by atoms with Gasteiger partial charge in [0.1, 0.15) is 5.82 Å². The lowest BCUT2D eigenvalue weighted by Gasteiger charge is -2.22. The Labute approximate surface area is 162 Å². The summed E-state index contributed by atoms with van der Waals surface area (Å²) in [5.74, 6) is 1.04. The monoisotopic (exact) mass is 383 g/mol. The van der Waals surface area contributed by atoms with Crippen LogP contribution in [0.2, 0.25) is 0 Å². The molecule has 27 heavy (non-hydrogen) atoms. The molecule has 1 aliphatic rings. The van der Waals surface area contributed by atoms with Crippen molar-refractivity contribution < 1.29 is 9.13 Å². The molecule has 2 heterocycles. The minimum absolute atomic E-state index is 0.240. The van der Waals surface area contributed by atoms with E-state index in [-0.39, 0.29) is 11.9 Å². The average molecular weight is 383 g/mol. The Bertz CT molecular complexity index is 904. The van der Waals surface area contributed by atoms with Crippen molar-refractivity contribution in [3.63, 3.8) is 0 Å². The molecule has 4 nitrogen and oxygen atoms in total. The van der Waals surface area contributed by atoms with Gasteiger partial charge in [0, 0.05) is 18.0 Å². The van der Waals surface area contributed by atoms with E-state index in [0.29, 0.717) is 11.4 Å². The largest absolute Gasteiger partial charge is 0.377 e. The van der Waals surface area contributed by atoms with Crippen molar-refractivity contribution in [2.24, 2.45) is 0 Å². The molecular formula is C21H22FN3OS. The third kappa shape index (κ3) is 4.06. The maximum Gasteiger partial charge on any atom is 0.196 e. The molecule has 0 aliphatic carbocycles. The Hall–Kier alpha value is -2.18. The second-order valence-electron chi connectivity index (χ2n) is 6.76. The van der Waals surface area contributed by atoms with Gasteiger partial charge in [-0.2, -0.15) is 0 Å². The van der Waals surface area contributed by atoms with Gasteiger partial charge in [-0.05, 0) is 50.5 Å². The van der Waals surface area contributed by atoms with Crippen molar-refractivity contribution in [1.29, 1.82) is 0 Å². The highest BCUT2D eigenvalue weighted by molar-refractivity contribution is 7.99. The molecule has 0 unspecified atom stereocenters. The predicted octanol–water partition coefficient (Wildman–Crippen LogP) is 5.04. The number of thioether (sulfide) groups is 1. The first kappa shape index (κ1) is 18.2. The maximum absolute atomic E-state index is 14.4. The third-order valence-corrected chi connectivity index (χ3v) is 5.77. The first-order chi connectivity index (χ1) is 13.2. The highest BCUT2D eigenvalue weighted by atomic mass is 32.2. The normalized spacial score (nSPS) is 17.2. The van der Waals surface area contributed by atoms with Crippen LogP contribution in [0.5, 0.6) is 0 Å². The minimum Gasteiger partial charge on any atom is -0.377 e. The molecule has 0 radical (unpaired) electrons. The van der Waals surface area contributed by atoms with E-state index >= 15 is 0 Å². The average Bonchev–Trinajstić information content (AvgIpc) is 3.12. The summed E-state index contributed by atoms with van der Waals surface area (Å²) in [5.41, 5.74) is 2.55. The smallest absolute Gasteiger partial charge is 0.196 e. The number of aromatic nitrogens is 3. The lowest BCUT2D eigenvalue weighted by Crippen LogP contribution is -2.21. The molecule has 2 aromatic carbocycles. The van der Waals surface area contributed by atoms with Crippen molar-refractivity contribution in [3.05, 3.63) is 59.9 Å². The number of hydrogen-bond acceptors (Lipinski definition) is 4. The van der Waals surface area contributed by atoms with Crippen LogP contribution in [0.1, 0.15) is 24.8 Å². The van der Waals surface area contributed by atoms with E-state index in [1.54, 1.807) is 23.9 Å². The SMILES string of the molecule is Cc1ccc(-n2c(SC[C@H]3CCCCO3)nnc2-c2ccccc2F)cc1. The zero-order valence-electron chi connectivity index (χ0n) is 15.3. The summed E-state index contributed by atoms with van der Waals surface area (Å²) in [5, 5.41) is 9.45. The minimum atomic E-state index is -0.301. The van der Waals surface area contributed by atoms with Crippen LogP contribution < -0.4 is 0 Å². The van der Waals surface area contributed by atoms with E-state index in [2.05, 4.69) is 10.2 Å². The molecule has 0 amide bonds. The predicted molar refractivity (Wildman–Crippen MR) is 106 cm³/mol. The van der Waals surface area contributed by atoms with Crippen LogP contribution in [0.25, 0.3) is 17.1 Å². The molecule has 6 heteroatoms. The van der Waals surface area contributed by atoms with Crippen molar-refractivity contribution >= 4 is 11.8 Å². The zero-order valence-corrected chi connectivity index (χ0v) is 16.1. The van der Waals surface area contributed by atoms with Gasteiger partial charge in [0.2, 0.25) is 0 Å². The standard InChI is InChI=1S/C21H22FN3OS/c1-15-9-11-16(12-10-15)25-20(18-7-2-3-8-19(18)22)23-24-21(25)27-14-17-6-4-5-13-26-17/h2-3,7-12,17H,4-6,13-14H2,1H3/t17-/m1/s1. The Morgan fingerprint density at radius 3 is 2.67 bits per heavy atom. The van der Waals surface area contributed by atoms with Gasteiger partial charge >= 0.3 is 0 Å². The third-order valence-electron chi connectivity index (χ3n) is 4.71. The summed E-state index contributed by atoms with van der Waals surface area (Å²) < 4.78 is 22.2. The lowest BCUT2D eigenvalue weighted by atomic mass is 10.1. The Kier molecular flexibility index (Phi) is 5.55. The Morgan fingerprint density at radius 1 is 1.11 bits per heavy atom. The molecule has 4 rings (SSSR count). The van der Waals surface area contributed by atoms with Gasteiger partial charge in [0.05, 0.1) is 11.7 Å². The molecule has 1 aliphatic heterocycles. The van der Waals surface area contributed by atoms with E-state index in [9.17, 15) is 4.39 Å². The molecule has 140 valence electrons. The maximum atomic E-state index is 14.4. The van der Waals surface area contributed by atoms with Crippen LogP contribution in [0.15, 0.2) is 53.7 Å². The van der Waals surface area contributed by atoms with Crippen LogP contribution in [-0.2, 0) is 4.74 Å². The fraction of sp³-hybridized carbons (Fsp3) is 0.333. The van der Waals surface area contributed by atoms with E-state index in [1.165, 1.54) is 18.1 Å². The fourth-order valence-corrected chi connectivity index (χ4v) is 4.23. The van der Waals surface area contributed by atoms with Crippen molar-refractivity contribution in [3.8, 4) is 17.1 Å². The van der Waals surface area contributed by atoms with Crippen LogP contribution in [0.4, 0.5) is 4.39 Å². The number of halogens is 1. The number of rotatable bonds is 5.